The smallest absolute Gasteiger partial charge is 0.295 e. The predicted octanol–water partition coefficient (Wildman–Crippen LogP) is 2.94. The highest BCUT2D eigenvalue weighted by Gasteiger charge is 2.34. The summed E-state index contributed by atoms with van der Waals surface area (Å²) >= 11 is 0. The second kappa shape index (κ2) is 10.2. The number of aromatic nitrogens is 8. The molecule has 4 heterocycles. The molecule has 0 unspecified atom stereocenters. The van der Waals surface area contributed by atoms with Crippen molar-refractivity contribution in [3.8, 4) is 17.3 Å². The highest BCUT2D eigenvalue weighted by Crippen LogP contribution is 2.45. The lowest BCUT2D eigenvalue weighted by Crippen LogP contribution is -2.29. The van der Waals surface area contributed by atoms with Crippen molar-refractivity contribution in [3.63, 3.8) is 0 Å². The highest BCUT2D eigenvalue weighted by molar-refractivity contribution is 7.91. The van der Waals surface area contributed by atoms with Crippen LogP contribution in [0.4, 0.5) is 5.82 Å². The molecule has 0 aromatic carbocycles. The standard InChI is InChI=1S/C26H29N9O4S.H2/c1-4-40(37,38)17-9-27-19(28-10-17)12-30-23-26(36)35(14(2)15-5-6-15)24-18(33-23)11-29-22(34-24)20-21(16-7-8-16)31-13-32-25(20)39-3;/h9-11,13-16H,4-8,12H2,1-3H3,(H,30,33);1H/t14-;/m1./s1. The fourth-order valence-corrected chi connectivity index (χ4v) is 5.50. The first-order chi connectivity index (χ1) is 19.3. The van der Waals surface area contributed by atoms with Crippen LogP contribution in [0, 0.1) is 5.92 Å². The minimum atomic E-state index is -3.40. The number of methoxy groups -OCH3 is 1. The average molecular weight is 566 g/mol. The number of sulfone groups is 1. The van der Waals surface area contributed by atoms with Gasteiger partial charge in [-0.1, -0.05) is 6.92 Å². The Morgan fingerprint density at radius 2 is 1.82 bits per heavy atom. The summed E-state index contributed by atoms with van der Waals surface area (Å²) in [5.41, 5.74) is 2.05. The van der Waals surface area contributed by atoms with Gasteiger partial charge in [-0.3, -0.25) is 9.36 Å². The summed E-state index contributed by atoms with van der Waals surface area (Å²) in [5, 5.41) is 3.03. The van der Waals surface area contributed by atoms with Gasteiger partial charge in [0.1, 0.15) is 28.1 Å². The molecule has 0 aliphatic heterocycles. The Hall–Kier alpha value is -4.07. The van der Waals surface area contributed by atoms with Gasteiger partial charge in [-0.05, 0) is 38.5 Å². The average Bonchev–Trinajstić information content (AvgIpc) is 3.89. The summed E-state index contributed by atoms with van der Waals surface area (Å²) in [5.74, 6) is 1.86. The van der Waals surface area contributed by atoms with Crippen LogP contribution in [0.2, 0.25) is 0 Å². The van der Waals surface area contributed by atoms with E-state index in [1.54, 1.807) is 24.8 Å². The van der Waals surface area contributed by atoms with E-state index in [0.717, 1.165) is 31.4 Å². The van der Waals surface area contributed by atoms with Gasteiger partial charge in [0.15, 0.2) is 27.1 Å². The quantitative estimate of drug-likeness (QED) is 0.299. The molecule has 4 aromatic rings. The minimum Gasteiger partial charge on any atom is -0.480 e. The van der Waals surface area contributed by atoms with E-state index in [-0.39, 0.29) is 36.0 Å². The molecular weight excluding hydrogens is 534 g/mol. The highest BCUT2D eigenvalue weighted by atomic mass is 32.2. The van der Waals surface area contributed by atoms with E-state index in [1.807, 2.05) is 6.92 Å². The van der Waals surface area contributed by atoms with Crippen molar-refractivity contribution in [2.24, 2.45) is 5.92 Å². The summed E-state index contributed by atoms with van der Waals surface area (Å²) in [4.78, 5) is 44.9. The van der Waals surface area contributed by atoms with Crippen LogP contribution in [0.5, 0.6) is 5.88 Å². The van der Waals surface area contributed by atoms with Crippen LogP contribution in [0.1, 0.15) is 64.4 Å². The maximum atomic E-state index is 13.8. The fourth-order valence-electron chi connectivity index (χ4n) is 4.74. The van der Waals surface area contributed by atoms with Gasteiger partial charge in [0, 0.05) is 25.8 Å². The van der Waals surface area contributed by atoms with Gasteiger partial charge >= 0.3 is 0 Å². The molecule has 2 saturated carbocycles. The van der Waals surface area contributed by atoms with Gasteiger partial charge in [0.2, 0.25) is 5.88 Å². The van der Waals surface area contributed by atoms with Gasteiger partial charge in [0.25, 0.3) is 5.56 Å². The van der Waals surface area contributed by atoms with E-state index in [2.05, 4.69) is 35.2 Å². The SMILES string of the molecule is CCS(=O)(=O)c1cnc(CNc2nc3cnc(-c4c(OC)ncnc4C4CC4)nc3n([C@H](C)C3CC3)c2=O)nc1.[HH]. The number of anilines is 1. The van der Waals surface area contributed by atoms with Gasteiger partial charge < -0.3 is 10.1 Å². The van der Waals surface area contributed by atoms with Gasteiger partial charge in [0.05, 0.1) is 31.3 Å². The summed E-state index contributed by atoms with van der Waals surface area (Å²) < 4.78 is 31.3. The van der Waals surface area contributed by atoms with E-state index in [4.69, 9.17) is 9.72 Å². The maximum Gasteiger partial charge on any atom is 0.295 e. The molecule has 1 atom stereocenters. The normalized spacial score (nSPS) is 16.2. The van der Waals surface area contributed by atoms with Crippen molar-refractivity contribution in [2.45, 2.75) is 62.9 Å². The van der Waals surface area contributed by atoms with Gasteiger partial charge in [-0.15, -0.1) is 0 Å². The van der Waals surface area contributed by atoms with E-state index in [9.17, 15) is 13.2 Å². The molecule has 0 bridgehead atoms. The Balaban J connectivity index is 0.00000337. The van der Waals surface area contributed by atoms with Crippen LogP contribution in [-0.4, -0.2) is 60.7 Å². The number of fused-ring (bicyclic) bond motifs is 1. The molecule has 1 N–H and O–H groups in total. The third-order valence-corrected chi connectivity index (χ3v) is 9.09. The monoisotopic (exact) mass is 565 g/mol. The summed E-state index contributed by atoms with van der Waals surface area (Å²) in [6.07, 6.45) is 9.76. The van der Waals surface area contributed by atoms with E-state index < -0.39 is 9.84 Å². The van der Waals surface area contributed by atoms with E-state index in [1.165, 1.54) is 18.7 Å². The number of nitrogens with zero attached hydrogens (tertiary/aromatic N) is 8. The molecule has 40 heavy (non-hydrogen) atoms. The lowest BCUT2D eigenvalue weighted by Gasteiger charge is -2.19. The van der Waals surface area contributed by atoms with Crippen LogP contribution >= 0.6 is 0 Å². The molecule has 210 valence electrons. The molecular formula is C26H31N9O4S. The Bertz CT molecular complexity index is 1760. The van der Waals surface area contributed by atoms with E-state index in [0.29, 0.717) is 46.1 Å². The lowest BCUT2D eigenvalue weighted by molar-refractivity contribution is 0.397. The second-order valence-corrected chi connectivity index (χ2v) is 12.4. The molecule has 0 saturated heterocycles. The molecule has 2 fully saturated rings. The zero-order valence-electron chi connectivity index (χ0n) is 22.4. The second-order valence-electron chi connectivity index (χ2n) is 10.1. The first kappa shape index (κ1) is 26.2. The molecule has 0 spiro atoms. The van der Waals surface area contributed by atoms with Crippen molar-refractivity contribution in [1.29, 1.82) is 0 Å². The predicted molar refractivity (Wildman–Crippen MR) is 148 cm³/mol. The molecule has 0 radical (unpaired) electrons. The number of ether oxygens (including phenoxy) is 1. The maximum absolute atomic E-state index is 13.8. The molecule has 0 amide bonds. The Kier molecular flexibility index (Phi) is 6.64. The summed E-state index contributed by atoms with van der Waals surface area (Å²) in [6, 6.07) is -0.104. The molecule has 2 aliphatic carbocycles. The first-order valence-electron chi connectivity index (χ1n) is 13.3. The Morgan fingerprint density at radius 1 is 1.07 bits per heavy atom. The zero-order valence-corrected chi connectivity index (χ0v) is 23.2. The van der Waals surface area contributed by atoms with Crippen molar-refractivity contribution in [2.75, 3.05) is 18.2 Å². The lowest BCUT2D eigenvalue weighted by atomic mass is 10.1. The number of rotatable bonds is 10. The van der Waals surface area contributed by atoms with Crippen LogP contribution in [-0.2, 0) is 16.4 Å². The molecule has 2 aliphatic rings. The third-order valence-electron chi connectivity index (χ3n) is 7.40. The van der Waals surface area contributed by atoms with Gasteiger partial charge in [-0.25, -0.2) is 43.3 Å². The number of hydrogen-bond acceptors (Lipinski definition) is 12. The van der Waals surface area contributed by atoms with Crippen molar-refractivity contribution in [3.05, 3.63) is 46.8 Å². The Labute approximate surface area is 231 Å². The zero-order chi connectivity index (χ0) is 28.0. The minimum absolute atomic E-state index is 0. The fraction of sp³-hybridized carbons (Fsp3) is 0.462. The molecule has 14 heteroatoms. The molecule has 6 rings (SSSR count). The van der Waals surface area contributed by atoms with Crippen LogP contribution in [0.15, 0.2) is 34.6 Å². The van der Waals surface area contributed by atoms with Crippen molar-refractivity contribution < 1.29 is 14.6 Å². The topological polar surface area (TPSA) is 168 Å². The third kappa shape index (κ3) is 4.87. The van der Waals surface area contributed by atoms with Crippen LogP contribution < -0.4 is 15.6 Å². The van der Waals surface area contributed by atoms with Crippen molar-refractivity contribution >= 4 is 26.8 Å². The summed E-state index contributed by atoms with van der Waals surface area (Å²) in [7, 11) is -1.85. The largest absolute Gasteiger partial charge is 0.480 e. The number of hydrogen-bond donors (Lipinski definition) is 1. The summed E-state index contributed by atoms with van der Waals surface area (Å²) in [6.45, 7) is 3.66. The Morgan fingerprint density at radius 3 is 2.48 bits per heavy atom. The molecule has 13 nitrogen and oxygen atoms in total. The van der Waals surface area contributed by atoms with E-state index >= 15 is 0 Å². The number of nitrogens with one attached hydrogen (secondary N) is 1. The molecule has 4 aromatic heterocycles. The van der Waals surface area contributed by atoms with Crippen LogP contribution in [0.25, 0.3) is 22.6 Å². The first-order valence-corrected chi connectivity index (χ1v) is 14.9. The van der Waals surface area contributed by atoms with Crippen molar-refractivity contribution in [1.82, 2.24) is 39.5 Å². The van der Waals surface area contributed by atoms with Gasteiger partial charge in [-0.2, -0.15) is 0 Å². The van der Waals surface area contributed by atoms with Crippen LogP contribution in [0.3, 0.4) is 0 Å².